The molecule has 0 spiro atoms. The Morgan fingerprint density at radius 1 is 1.11 bits per heavy atom. The van der Waals surface area contributed by atoms with Crippen molar-refractivity contribution in [2.24, 2.45) is 7.05 Å². The molecule has 5 heterocycles. The highest BCUT2D eigenvalue weighted by atomic mass is 19.3. The SMILES string of the molecule is C[C@H](O)CC(=O)N[C@@H]1COc2c(-c3nc4n(Cc5ccccc5)cccc-4c3-c3cn(C)nc3OC(F)F)c(C(F)F)nn2C1. The van der Waals surface area contributed by atoms with Gasteiger partial charge in [-0.2, -0.15) is 13.9 Å². The van der Waals surface area contributed by atoms with Crippen LogP contribution in [0.2, 0.25) is 0 Å². The van der Waals surface area contributed by atoms with Crippen LogP contribution in [0.5, 0.6) is 11.8 Å². The second-order valence-electron chi connectivity index (χ2n) is 10.8. The van der Waals surface area contributed by atoms with Gasteiger partial charge in [-0.25, -0.2) is 18.4 Å². The molecule has 3 aromatic rings. The van der Waals surface area contributed by atoms with E-state index >= 15 is 0 Å². The molecule has 2 N–H and O–H groups in total. The Morgan fingerprint density at radius 2 is 1.89 bits per heavy atom. The van der Waals surface area contributed by atoms with Crippen molar-refractivity contribution in [1.29, 1.82) is 0 Å². The van der Waals surface area contributed by atoms with E-state index in [0.717, 1.165) is 5.56 Å². The Hall–Kier alpha value is -4.92. The molecule has 0 radical (unpaired) electrons. The molecule has 0 aliphatic carbocycles. The number of pyridine rings is 1. The fourth-order valence-corrected chi connectivity index (χ4v) is 5.52. The number of carbonyl (C=O) groups is 1. The summed E-state index contributed by atoms with van der Waals surface area (Å²) in [6, 6.07) is 12.4. The van der Waals surface area contributed by atoms with Gasteiger partial charge in [0.15, 0.2) is 0 Å². The van der Waals surface area contributed by atoms with Crippen LogP contribution in [0.15, 0.2) is 54.9 Å². The number of alkyl halides is 4. The van der Waals surface area contributed by atoms with Crippen LogP contribution in [0.3, 0.4) is 0 Å². The molecule has 2 aromatic heterocycles. The number of halogens is 4. The van der Waals surface area contributed by atoms with Crippen molar-refractivity contribution in [3.8, 4) is 45.5 Å². The lowest BCUT2D eigenvalue weighted by atomic mass is 9.98. The Morgan fingerprint density at radius 3 is 2.60 bits per heavy atom. The summed E-state index contributed by atoms with van der Waals surface area (Å²) in [5, 5.41) is 20.4. The highest BCUT2D eigenvalue weighted by Gasteiger charge is 2.37. The maximum absolute atomic E-state index is 14.7. The molecule has 3 aliphatic heterocycles. The van der Waals surface area contributed by atoms with E-state index in [4.69, 9.17) is 14.5 Å². The Balaban J connectivity index is 1.52. The highest BCUT2D eigenvalue weighted by Crippen LogP contribution is 2.49. The minimum atomic E-state index is -3.19. The molecule has 0 bridgehead atoms. The minimum Gasteiger partial charge on any atom is -0.475 e. The van der Waals surface area contributed by atoms with E-state index in [1.165, 1.54) is 29.5 Å². The number of benzene rings is 1. The van der Waals surface area contributed by atoms with Gasteiger partial charge in [-0.15, -0.1) is 5.10 Å². The molecule has 45 heavy (non-hydrogen) atoms. The smallest absolute Gasteiger partial charge is 0.388 e. The van der Waals surface area contributed by atoms with Crippen molar-refractivity contribution >= 4 is 5.91 Å². The second-order valence-corrected chi connectivity index (χ2v) is 10.8. The maximum Gasteiger partial charge on any atom is 0.388 e. The van der Waals surface area contributed by atoms with E-state index in [1.807, 2.05) is 34.9 Å². The van der Waals surface area contributed by atoms with Crippen LogP contribution < -0.4 is 14.8 Å². The van der Waals surface area contributed by atoms with Gasteiger partial charge in [0, 0.05) is 37.1 Å². The van der Waals surface area contributed by atoms with Crippen LogP contribution in [0, 0.1) is 0 Å². The molecule has 11 nitrogen and oxygen atoms in total. The van der Waals surface area contributed by atoms with Gasteiger partial charge in [-0.3, -0.25) is 9.48 Å². The summed E-state index contributed by atoms with van der Waals surface area (Å²) in [6.45, 7) is -1.38. The Bertz CT molecular complexity index is 1780. The summed E-state index contributed by atoms with van der Waals surface area (Å²) >= 11 is 0. The molecular weight excluding hydrogens is 598 g/mol. The van der Waals surface area contributed by atoms with E-state index < -0.39 is 42.7 Å². The quantitative estimate of drug-likeness (QED) is 0.219. The van der Waals surface area contributed by atoms with E-state index in [-0.39, 0.29) is 47.8 Å². The molecule has 3 aliphatic rings. The van der Waals surface area contributed by atoms with Gasteiger partial charge < -0.3 is 24.5 Å². The van der Waals surface area contributed by atoms with Crippen molar-refractivity contribution in [2.45, 2.75) is 51.6 Å². The number of aliphatic hydroxyl groups is 1. The highest BCUT2D eigenvalue weighted by molar-refractivity contribution is 5.97. The van der Waals surface area contributed by atoms with Crippen LogP contribution in [-0.2, 0) is 24.9 Å². The van der Waals surface area contributed by atoms with Gasteiger partial charge >= 0.3 is 6.61 Å². The molecule has 15 heteroatoms. The lowest BCUT2D eigenvalue weighted by molar-refractivity contribution is -0.124. The van der Waals surface area contributed by atoms with Crippen molar-refractivity contribution in [2.75, 3.05) is 6.61 Å². The third-order valence-corrected chi connectivity index (χ3v) is 7.26. The van der Waals surface area contributed by atoms with E-state index in [2.05, 4.69) is 15.5 Å². The summed E-state index contributed by atoms with van der Waals surface area (Å²) in [5.41, 5.74) is 1.08. The first-order valence-corrected chi connectivity index (χ1v) is 14.1. The molecule has 0 saturated carbocycles. The zero-order valence-corrected chi connectivity index (χ0v) is 24.2. The van der Waals surface area contributed by atoms with Crippen molar-refractivity contribution < 1.29 is 36.9 Å². The average Bonchev–Trinajstić information content (AvgIpc) is 3.65. The van der Waals surface area contributed by atoms with Crippen molar-refractivity contribution in [3.63, 3.8) is 0 Å². The first-order valence-electron chi connectivity index (χ1n) is 14.1. The number of hydrogen-bond donors (Lipinski definition) is 2. The number of aromatic nitrogens is 6. The predicted molar refractivity (Wildman–Crippen MR) is 153 cm³/mol. The minimum absolute atomic E-state index is 0.00907. The second kappa shape index (κ2) is 12.2. The number of nitrogens with zero attached hydrogens (tertiary/aromatic N) is 6. The zero-order chi connectivity index (χ0) is 31.8. The number of ether oxygens (including phenoxy) is 2. The Labute approximate surface area is 254 Å². The topological polar surface area (TPSA) is 121 Å². The van der Waals surface area contributed by atoms with E-state index in [9.17, 15) is 27.5 Å². The lowest BCUT2D eigenvalue weighted by Crippen LogP contribution is -2.45. The van der Waals surface area contributed by atoms with E-state index in [1.54, 1.807) is 18.3 Å². The molecule has 1 aromatic carbocycles. The number of fused-ring (bicyclic) bond motifs is 2. The van der Waals surface area contributed by atoms with Gasteiger partial charge in [0.1, 0.15) is 18.1 Å². The summed E-state index contributed by atoms with van der Waals surface area (Å²) in [6.07, 6.45) is -0.813. The summed E-state index contributed by atoms with van der Waals surface area (Å²) in [4.78, 5) is 17.1. The maximum atomic E-state index is 14.7. The van der Waals surface area contributed by atoms with Crippen LogP contribution in [0.25, 0.3) is 33.8 Å². The Kier molecular flexibility index (Phi) is 8.18. The molecule has 0 saturated heterocycles. The fourth-order valence-electron chi connectivity index (χ4n) is 5.52. The number of hydrogen-bond acceptors (Lipinski definition) is 7. The summed E-state index contributed by atoms with van der Waals surface area (Å²) in [7, 11) is 1.52. The lowest BCUT2D eigenvalue weighted by Gasteiger charge is -2.25. The van der Waals surface area contributed by atoms with Crippen LogP contribution in [0.4, 0.5) is 17.6 Å². The number of aliphatic hydroxyl groups excluding tert-OH is 1. The predicted octanol–water partition coefficient (Wildman–Crippen LogP) is 4.49. The average molecular weight is 628 g/mol. The number of rotatable bonds is 10. The van der Waals surface area contributed by atoms with Gasteiger partial charge in [0.05, 0.1) is 41.9 Å². The molecular formula is C30H29F4N7O4. The van der Waals surface area contributed by atoms with Gasteiger partial charge in [0.25, 0.3) is 6.43 Å². The van der Waals surface area contributed by atoms with E-state index in [0.29, 0.717) is 17.9 Å². The summed E-state index contributed by atoms with van der Waals surface area (Å²) < 4.78 is 71.3. The van der Waals surface area contributed by atoms with Gasteiger partial charge in [0.2, 0.25) is 17.7 Å². The number of carbonyl (C=O) groups excluding carboxylic acids is 1. The molecule has 6 rings (SSSR count). The first kappa shape index (κ1) is 30.1. The normalized spacial score (nSPS) is 15.4. The number of amides is 1. The molecule has 1 amide bonds. The zero-order valence-electron chi connectivity index (χ0n) is 24.2. The largest absolute Gasteiger partial charge is 0.475 e. The van der Waals surface area contributed by atoms with Gasteiger partial charge in [-0.05, 0) is 24.6 Å². The van der Waals surface area contributed by atoms with Crippen LogP contribution >= 0.6 is 0 Å². The number of nitrogens with one attached hydrogen (secondary N) is 1. The molecule has 2 atom stereocenters. The van der Waals surface area contributed by atoms with Crippen molar-refractivity contribution in [3.05, 3.63) is 66.1 Å². The molecule has 0 fully saturated rings. The first-order chi connectivity index (χ1) is 21.6. The molecule has 236 valence electrons. The standard InChI is InChI=1S/C30H29F4N7O4/c1-16(42)11-21(43)35-18-13-41-29(44-15-18)23(25(37-41)26(31)32)24-22(20-14-39(2)38-28(20)45-30(33)34)19-9-6-10-40(27(19)36-24)12-17-7-4-3-5-8-17/h3-10,14,16,18,26,30,42H,11-13,15H2,1-2H3,(H,35,43)/t16-,18-/m0/s1. The summed E-state index contributed by atoms with van der Waals surface area (Å²) in [5.74, 6) is -0.438. The number of aryl methyl sites for hydroxylation is 1. The third-order valence-electron chi connectivity index (χ3n) is 7.26. The van der Waals surface area contributed by atoms with Crippen LogP contribution in [0.1, 0.15) is 31.0 Å². The van der Waals surface area contributed by atoms with Gasteiger partial charge in [-0.1, -0.05) is 30.3 Å². The third kappa shape index (κ3) is 6.07. The van der Waals surface area contributed by atoms with Crippen LogP contribution in [-0.4, -0.2) is 65.5 Å². The monoisotopic (exact) mass is 627 g/mol. The fraction of sp³-hybridized carbons (Fsp3) is 0.333. The molecule has 0 unspecified atom stereocenters. The van der Waals surface area contributed by atoms with Crippen molar-refractivity contribution in [1.82, 2.24) is 34.4 Å².